The largest absolute Gasteiger partial charge is 0.472 e. The number of ether oxygens (including phenoxy) is 1. The Morgan fingerprint density at radius 3 is 2.44 bits per heavy atom. The molecule has 0 amide bonds. The first kappa shape index (κ1) is 23.2. The number of hydrogen-bond acceptors (Lipinski definition) is 5. The Hall–Kier alpha value is -3.92. The molecule has 34 heavy (non-hydrogen) atoms. The lowest BCUT2D eigenvalue weighted by atomic mass is 9.97. The molecule has 2 aromatic carbocycles. The third-order valence-electron chi connectivity index (χ3n) is 5.10. The molecule has 0 aliphatic heterocycles. The second-order valence-electron chi connectivity index (χ2n) is 7.46. The minimum Gasteiger partial charge on any atom is -0.472 e. The van der Waals surface area contributed by atoms with Crippen LogP contribution in [0.2, 0.25) is 0 Å². The highest BCUT2D eigenvalue weighted by atomic mass is 32.2. The van der Waals surface area contributed by atoms with Crippen molar-refractivity contribution >= 4 is 15.7 Å². The Kier molecular flexibility index (Phi) is 6.25. The lowest BCUT2D eigenvalue weighted by Crippen LogP contribution is -2.16. The molecule has 0 fully saturated rings. The number of pyridine rings is 1. The number of benzene rings is 2. The van der Waals surface area contributed by atoms with Crippen molar-refractivity contribution in [2.24, 2.45) is 7.05 Å². The summed E-state index contributed by atoms with van der Waals surface area (Å²) < 4.78 is 66.7. The smallest absolute Gasteiger partial charge is 0.250 e. The fourth-order valence-corrected chi connectivity index (χ4v) is 3.95. The summed E-state index contributed by atoms with van der Waals surface area (Å²) in [5, 5.41) is 0. The first-order valence-electron chi connectivity index (χ1n) is 10.2. The highest BCUT2D eigenvalue weighted by molar-refractivity contribution is 7.92. The van der Waals surface area contributed by atoms with E-state index in [2.05, 4.69) is 4.72 Å². The molecule has 0 spiro atoms. The summed E-state index contributed by atoms with van der Waals surface area (Å²) >= 11 is 0. The number of nitrogens with zero attached hydrogens (tertiary/aromatic N) is 1. The Morgan fingerprint density at radius 1 is 1.00 bits per heavy atom. The van der Waals surface area contributed by atoms with Gasteiger partial charge in [-0.3, -0.25) is 9.52 Å². The van der Waals surface area contributed by atoms with Crippen LogP contribution in [-0.4, -0.2) is 18.7 Å². The van der Waals surface area contributed by atoms with Gasteiger partial charge in [-0.1, -0.05) is 0 Å². The summed E-state index contributed by atoms with van der Waals surface area (Å²) in [6.07, 6.45) is 4.47. The first-order chi connectivity index (χ1) is 16.2. The zero-order chi connectivity index (χ0) is 24.5. The maximum atomic E-state index is 14.3. The van der Waals surface area contributed by atoms with Crippen LogP contribution in [0.5, 0.6) is 11.5 Å². The van der Waals surface area contributed by atoms with Crippen LogP contribution in [0, 0.1) is 11.6 Å². The number of hydrogen-bond donors (Lipinski definition) is 1. The molecule has 0 saturated carbocycles. The summed E-state index contributed by atoms with van der Waals surface area (Å²) in [7, 11) is -2.02. The molecule has 0 bridgehead atoms. The number of anilines is 1. The summed E-state index contributed by atoms with van der Waals surface area (Å²) in [6, 6.07) is 10.4. The second kappa shape index (κ2) is 9.14. The van der Waals surface area contributed by atoms with E-state index in [9.17, 15) is 22.0 Å². The zero-order valence-electron chi connectivity index (χ0n) is 18.2. The number of sulfonamides is 1. The van der Waals surface area contributed by atoms with Gasteiger partial charge >= 0.3 is 0 Å². The van der Waals surface area contributed by atoms with E-state index in [-0.39, 0.29) is 28.5 Å². The number of nitrogens with one attached hydrogen (secondary N) is 1. The maximum Gasteiger partial charge on any atom is 0.250 e. The van der Waals surface area contributed by atoms with Crippen molar-refractivity contribution in [1.82, 2.24) is 4.57 Å². The standard InChI is InChI=1S/C24H20F2N2O5S/c1-3-34(30,31)27-17-5-7-22(33-23-6-4-16(25)10-21(23)26)19(11-17)20-13-28(2)24(29)12-18(20)15-8-9-32-14-15/h4-14,27H,3H2,1-2H3. The third-order valence-corrected chi connectivity index (χ3v) is 6.40. The lowest BCUT2D eigenvalue weighted by molar-refractivity contribution is 0.439. The van der Waals surface area contributed by atoms with Crippen LogP contribution in [0.25, 0.3) is 22.3 Å². The Bertz CT molecular complexity index is 1510. The Labute approximate surface area is 194 Å². The average Bonchev–Trinajstić information content (AvgIpc) is 3.33. The van der Waals surface area contributed by atoms with Gasteiger partial charge < -0.3 is 13.7 Å². The zero-order valence-corrected chi connectivity index (χ0v) is 19.0. The number of furan rings is 1. The van der Waals surface area contributed by atoms with Crippen molar-refractivity contribution in [2.75, 3.05) is 10.5 Å². The number of halogens is 2. The van der Waals surface area contributed by atoms with Gasteiger partial charge in [0.25, 0.3) is 5.56 Å². The summed E-state index contributed by atoms with van der Waals surface area (Å²) in [5.74, 6) is -1.86. The van der Waals surface area contributed by atoms with Gasteiger partial charge in [-0.15, -0.1) is 0 Å². The molecule has 2 heterocycles. The molecule has 10 heteroatoms. The first-order valence-corrected chi connectivity index (χ1v) is 11.8. The van der Waals surface area contributed by atoms with Crippen molar-refractivity contribution in [3.05, 3.63) is 89.2 Å². The molecule has 4 rings (SSSR count). The van der Waals surface area contributed by atoms with Crippen LogP contribution in [-0.2, 0) is 17.1 Å². The van der Waals surface area contributed by atoms with E-state index in [1.54, 1.807) is 19.3 Å². The van der Waals surface area contributed by atoms with Gasteiger partial charge in [0.1, 0.15) is 11.6 Å². The molecule has 1 N–H and O–H groups in total. The molecule has 2 aromatic heterocycles. The van der Waals surface area contributed by atoms with E-state index in [0.717, 1.165) is 12.1 Å². The highest BCUT2D eigenvalue weighted by Gasteiger charge is 2.19. The quantitative estimate of drug-likeness (QED) is 0.390. The van der Waals surface area contributed by atoms with Crippen molar-refractivity contribution in [1.29, 1.82) is 0 Å². The van der Waals surface area contributed by atoms with Crippen LogP contribution >= 0.6 is 0 Å². The van der Waals surface area contributed by atoms with E-state index in [1.165, 1.54) is 48.3 Å². The van der Waals surface area contributed by atoms with Crippen molar-refractivity contribution in [2.45, 2.75) is 6.92 Å². The molecule has 7 nitrogen and oxygen atoms in total. The monoisotopic (exact) mass is 486 g/mol. The van der Waals surface area contributed by atoms with Crippen LogP contribution in [0.15, 0.2) is 76.5 Å². The predicted octanol–water partition coefficient (Wildman–Crippen LogP) is 5.14. The average molecular weight is 486 g/mol. The molecule has 0 aliphatic rings. The van der Waals surface area contributed by atoms with E-state index in [1.807, 2.05) is 0 Å². The Balaban J connectivity index is 1.94. The number of aryl methyl sites for hydroxylation is 1. The molecular weight excluding hydrogens is 466 g/mol. The maximum absolute atomic E-state index is 14.3. The van der Waals surface area contributed by atoms with Gasteiger partial charge in [-0.25, -0.2) is 17.2 Å². The van der Waals surface area contributed by atoms with E-state index < -0.39 is 21.7 Å². The molecule has 4 aromatic rings. The van der Waals surface area contributed by atoms with Crippen LogP contribution in [0.1, 0.15) is 6.92 Å². The predicted molar refractivity (Wildman–Crippen MR) is 124 cm³/mol. The molecule has 0 saturated heterocycles. The van der Waals surface area contributed by atoms with Crippen LogP contribution < -0.4 is 15.0 Å². The van der Waals surface area contributed by atoms with Crippen LogP contribution in [0.3, 0.4) is 0 Å². The summed E-state index contributed by atoms with van der Waals surface area (Å²) in [6.45, 7) is 1.50. The second-order valence-corrected chi connectivity index (χ2v) is 9.47. The molecule has 0 radical (unpaired) electrons. The summed E-state index contributed by atoms with van der Waals surface area (Å²) in [5.41, 5.74) is 1.93. The van der Waals surface area contributed by atoms with Gasteiger partial charge in [-0.2, -0.15) is 0 Å². The van der Waals surface area contributed by atoms with E-state index >= 15 is 0 Å². The highest BCUT2D eigenvalue weighted by Crippen LogP contribution is 2.40. The van der Waals surface area contributed by atoms with Gasteiger partial charge in [0.05, 0.1) is 18.3 Å². The lowest BCUT2D eigenvalue weighted by Gasteiger charge is -2.17. The molecule has 176 valence electrons. The summed E-state index contributed by atoms with van der Waals surface area (Å²) in [4.78, 5) is 12.4. The number of aromatic nitrogens is 1. The molecule has 0 aliphatic carbocycles. The molecule has 0 atom stereocenters. The minimum absolute atomic E-state index is 0.137. The number of rotatable bonds is 7. The topological polar surface area (TPSA) is 90.5 Å². The molecule has 0 unspecified atom stereocenters. The van der Waals surface area contributed by atoms with E-state index in [4.69, 9.17) is 9.15 Å². The SMILES string of the molecule is CCS(=O)(=O)Nc1ccc(Oc2ccc(F)cc2F)c(-c2cn(C)c(=O)cc2-c2ccoc2)c1. The van der Waals surface area contributed by atoms with Gasteiger partial charge in [0, 0.05) is 47.8 Å². The fraction of sp³-hybridized carbons (Fsp3) is 0.125. The van der Waals surface area contributed by atoms with Crippen molar-refractivity contribution in [3.63, 3.8) is 0 Å². The van der Waals surface area contributed by atoms with Crippen molar-refractivity contribution < 1.29 is 26.4 Å². The van der Waals surface area contributed by atoms with Gasteiger partial charge in [0.2, 0.25) is 10.0 Å². The van der Waals surface area contributed by atoms with Crippen molar-refractivity contribution in [3.8, 4) is 33.8 Å². The van der Waals surface area contributed by atoms with E-state index in [0.29, 0.717) is 28.3 Å². The minimum atomic E-state index is -3.59. The van der Waals surface area contributed by atoms with Gasteiger partial charge in [-0.05, 0) is 48.9 Å². The third kappa shape index (κ3) is 4.86. The fourth-order valence-electron chi connectivity index (χ4n) is 3.32. The Morgan fingerprint density at radius 2 is 1.76 bits per heavy atom. The normalized spacial score (nSPS) is 11.4. The van der Waals surface area contributed by atoms with Gasteiger partial charge in [0.15, 0.2) is 11.6 Å². The van der Waals surface area contributed by atoms with Crippen LogP contribution in [0.4, 0.5) is 14.5 Å². The molecular formula is C24H20F2N2O5S.